The van der Waals surface area contributed by atoms with Crippen LogP contribution in [0.15, 0.2) is 34.8 Å². The van der Waals surface area contributed by atoms with Crippen molar-refractivity contribution in [1.82, 2.24) is 5.32 Å². The fourth-order valence-electron chi connectivity index (χ4n) is 2.50. The van der Waals surface area contributed by atoms with Crippen molar-refractivity contribution < 1.29 is 4.39 Å². The van der Waals surface area contributed by atoms with Crippen LogP contribution in [0.3, 0.4) is 0 Å². The van der Waals surface area contributed by atoms with Crippen LogP contribution >= 0.6 is 27.3 Å². The molecule has 2 aromatic rings. The van der Waals surface area contributed by atoms with E-state index in [0.29, 0.717) is 6.04 Å². The molecule has 1 aromatic heterocycles. The fourth-order valence-corrected chi connectivity index (χ4v) is 4.42. The molecule has 1 unspecified atom stereocenters. The minimum Gasteiger partial charge on any atom is -0.309 e. The number of benzene rings is 1. The molecule has 1 heterocycles. The summed E-state index contributed by atoms with van der Waals surface area (Å²) >= 11 is 5.26. The Morgan fingerprint density at radius 2 is 2.15 bits per heavy atom. The molecule has 1 atom stereocenters. The van der Waals surface area contributed by atoms with E-state index in [0.717, 1.165) is 22.5 Å². The lowest BCUT2D eigenvalue weighted by molar-refractivity contribution is 0.504. The van der Waals surface area contributed by atoms with Gasteiger partial charge < -0.3 is 5.32 Å². The predicted molar refractivity (Wildman–Crippen MR) is 86.6 cm³/mol. The molecule has 0 bridgehead atoms. The van der Waals surface area contributed by atoms with Crippen LogP contribution < -0.4 is 5.32 Å². The molecule has 1 N–H and O–H groups in total. The van der Waals surface area contributed by atoms with Gasteiger partial charge in [-0.1, -0.05) is 22.9 Å². The van der Waals surface area contributed by atoms with Gasteiger partial charge in [0.2, 0.25) is 0 Å². The zero-order valence-corrected chi connectivity index (χ0v) is 13.7. The molecule has 1 fully saturated rings. The van der Waals surface area contributed by atoms with Crippen LogP contribution in [0.1, 0.15) is 30.7 Å². The molecule has 1 aromatic carbocycles. The van der Waals surface area contributed by atoms with Crippen LogP contribution in [-0.2, 0) is 0 Å². The average Bonchev–Trinajstić information content (AvgIpc) is 3.14. The molecule has 0 spiro atoms. The van der Waals surface area contributed by atoms with Crippen LogP contribution in [-0.4, -0.2) is 6.54 Å². The smallest absolute Gasteiger partial charge is 0.124 e. The van der Waals surface area contributed by atoms with Crippen LogP contribution in [0.25, 0.3) is 10.4 Å². The summed E-state index contributed by atoms with van der Waals surface area (Å²) in [5, 5.41) is 3.59. The second kappa shape index (κ2) is 5.96. The zero-order valence-electron chi connectivity index (χ0n) is 11.3. The summed E-state index contributed by atoms with van der Waals surface area (Å²) in [6.07, 6.45) is 2.65. The molecule has 20 heavy (non-hydrogen) atoms. The summed E-state index contributed by atoms with van der Waals surface area (Å²) in [6, 6.07) is 9.72. The maximum Gasteiger partial charge on any atom is 0.124 e. The highest BCUT2D eigenvalue weighted by atomic mass is 79.9. The minimum absolute atomic E-state index is 0.207. The third-order valence-corrected chi connectivity index (χ3v) is 5.51. The first-order chi connectivity index (χ1) is 9.69. The summed E-state index contributed by atoms with van der Waals surface area (Å²) in [7, 11) is 0. The van der Waals surface area contributed by atoms with Crippen molar-refractivity contribution in [2.24, 2.45) is 5.92 Å². The van der Waals surface area contributed by atoms with E-state index in [1.165, 1.54) is 34.7 Å². The lowest BCUT2D eigenvalue weighted by Crippen LogP contribution is -2.21. The quantitative estimate of drug-likeness (QED) is 0.760. The highest BCUT2D eigenvalue weighted by Crippen LogP contribution is 2.44. The molecule has 1 nitrogen and oxygen atoms in total. The predicted octanol–water partition coefficient (Wildman–Crippen LogP) is 5.38. The molecule has 3 rings (SSSR count). The van der Waals surface area contributed by atoms with Gasteiger partial charge in [-0.05, 0) is 55.6 Å². The third-order valence-electron chi connectivity index (χ3n) is 3.65. The average molecular weight is 354 g/mol. The first kappa shape index (κ1) is 14.2. The van der Waals surface area contributed by atoms with Crippen molar-refractivity contribution in [2.75, 3.05) is 6.54 Å². The van der Waals surface area contributed by atoms with Gasteiger partial charge in [-0.3, -0.25) is 0 Å². The highest BCUT2D eigenvalue weighted by Gasteiger charge is 2.32. The Bertz CT molecular complexity index is 606. The topological polar surface area (TPSA) is 12.0 Å². The number of rotatable bonds is 5. The first-order valence-corrected chi connectivity index (χ1v) is 8.58. The molecule has 0 amide bonds. The van der Waals surface area contributed by atoms with Crippen LogP contribution in [0, 0.1) is 11.7 Å². The van der Waals surface area contributed by atoms with E-state index >= 15 is 0 Å². The van der Waals surface area contributed by atoms with Gasteiger partial charge in [-0.25, -0.2) is 4.39 Å². The first-order valence-electron chi connectivity index (χ1n) is 6.97. The molecule has 1 saturated carbocycles. The molecule has 4 heteroatoms. The van der Waals surface area contributed by atoms with Crippen molar-refractivity contribution in [3.05, 3.63) is 45.5 Å². The van der Waals surface area contributed by atoms with Gasteiger partial charge in [-0.2, -0.15) is 0 Å². The molecule has 1 aliphatic rings. The van der Waals surface area contributed by atoms with Crippen molar-refractivity contribution >= 4 is 27.3 Å². The number of hydrogen-bond acceptors (Lipinski definition) is 2. The number of nitrogens with one attached hydrogen (secondary N) is 1. The number of hydrogen-bond donors (Lipinski definition) is 1. The summed E-state index contributed by atoms with van der Waals surface area (Å²) in [5.74, 6) is 0.582. The van der Waals surface area contributed by atoms with Gasteiger partial charge >= 0.3 is 0 Å². The standard InChI is InChI=1S/C16H17BrFNS/c1-2-19-16(10-3-4-10)15-8-7-14(20-15)12-6-5-11(18)9-13(12)17/h5-10,16,19H,2-4H2,1H3. The summed E-state index contributed by atoms with van der Waals surface area (Å²) in [5.41, 5.74) is 1.06. The van der Waals surface area contributed by atoms with Crippen molar-refractivity contribution in [2.45, 2.75) is 25.8 Å². The molecular weight excluding hydrogens is 337 g/mol. The normalized spacial score (nSPS) is 16.4. The summed E-state index contributed by atoms with van der Waals surface area (Å²) in [6.45, 7) is 3.15. The van der Waals surface area contributed by atoms with E-state index in [4.69, 9.17) is 0 Å². The third kappa shape index (κ3) is 2.97. The Labute approximate surface area is 131 Å². The van der Waals surface area contributed by atoms with E-state index in [9.17, 15) is 4.39 Å². The van der Waals surface area contributed by atoms with E-state index < -0.39 is 0 Å². The second-order valence-corrected chi connectivity index (χ2v) is 7.17. The summed E-state index contributed by atoms with van der Waals surface area (Å²) in [4.78, 5) is 2.58. The van der Waals surface area contributed by atoms with E-state index in [-0.39, 0.29) is 5.82 Å². The largest absolute Gasteiger partial charge is 0.309 e. The Kier molecular flexibility index (Phi) is 4.24. The van der Waals surface area contributed by atoms with Gasteiger partial charge in [0.05, 0.1) is 0 Å². The van der Waals surface area contributed by atoms with E-state index in [1.807, 2.05) is 17.4 Å². The lowest BCUT2D eigenvalue weighted by Gasteiger charge is -2.15. The Balaban J connectivity index is 1.89. The maximum absolute atomic E-state index is 13.2. The van der Waals surface area contributed by atoms with Crippen LogP contribution in [0.4, 0.5) is 4.39 Å². The summed E-state index contributed by atoms with van der Waals surface area (Å²) < 4.78 is 14.0. The molecule has 106 valence electrons. The molecule has 1 aliphatic carbocycles. The Morgan fingerprint density at radius 1 is 1.35 bits per heavy atom. The maximum atomic E-state index is 13.2. The molecule has 0 aliphatic heterocycles. The Morgan fingerprint density at radius 3 is 2.80 bits per heavy atom. The Hall–Kier alpha value is -0.710. The van der Waals surface area contributed by atoms with Gasteiger partial charge in [0.25, 0.3) is 0 Å². The number of halogens is 2. The molecule has 0 radical (unpaired) electrons. The monoisotopic (exact) mass is 353 g/mol. The second-order valence-electron chi connectivity index (χ2n) is 5.20. The van der Waals surface area contributed by atoms with Crippen LogP contribution in [0.2, 0.25) is 0 Å². The van der Waals surface area contributed by atoms with Crippen molar-refractivity contribution in [1.29, 1.82) is 0 Å². The van der Waals surface area contributed by atoms with Gasteiger partial charge in [0.15, 0.2) is 0 Å². The molecule has 0 saturated heterocycles. The van der Waals surface area contributed by atoms with Crippen molar-refractivity contribution in [3.63, 3.8) is 0 Å². The van der Waals surface area contributed by atoms with Crippen LogP contribution in [0.5, 0.6) is 0 Å². The zero-order chi connectivity index (χ0) is 14.1. The molecular formula is C16H17BrFNS. The van der Waals surface area contributed by atoms with E-state index in [1.54, 1.807) is 0 Å². The van der Waals surface area contributed by atoms with Gasteiger partial charge in [0, 0.05) is 25.8 Å². The minimum atomic E-state index is -0.207. The van der Waals surface area contributed by atoms with Crippen molar-refractivity contribution in [3.8, 4) is 10.4 Å². The number of thiophene rings is 1. The SMILES string of the molecule is CCNC(c1ccc(-c2ccc(F)cc2Br)s1)C1CC1. The van der Waals surface area contributed by atoms with Gasteiger partial charge in [0.1, 0.15) is 5.82 Å². The lowest BCUT2D eigenvalue weighted by atomic mass is 10.1. The van der Waals surface area contributed by atoms with Gasteiger partial charge in [-0.15, -0.1) is 11.3 Å². The van der Waals surface area contributed by atoms with E-state index in [2.05, 4.69) is 40.3 Å². The highest BCUT2D eigenvalue weighted by molar-refractivity contribution is 9.10. The fraction of sp³-hybridized carbons (Fsp3) is 0.375.